The van der Waals surface area contributed by atoms with E-state index in [1.54, 1.807) is 0 Å². The highest BCUT2D eigenvalue weighted by Gasteiger charge is 2.33. The van der Waals surface area contributed by atoms with Gasteiger partial charge in [0.2, 0.25) is 0 Å². The van der Waals surface area contributed by atoms with E-state index in [4.69, 9.17) is 30.6 Å². The molecule has 0 radical (unpaired) electrons. The third-order valence-electron chi connectivity index (χ3n) is 1.77. The molecule has 0 bridgehead atoms. The van der Waals surface area contributed by atoms with Gasteiger partial charge < -0.3 is 35.4 Å². The monoisotopic (exact) mass is 210 g/mol. The summed E-state index contributed by atoms with van der Waals surface area (Å²) in [5.74, 6) is 0. The molecule has 0 aromatic carbocycles. The second kappa shape index (κ2) is 6.02. The summed E-state index contributed by atoms with van der Waals surface area (Å²) >= 11 is 0. The van der Waals surface area contributed by atoms with Crippen LogP contribution < -0.4 is 0 Å². The second-order valence-corrected chi connectivity index (χ2v) is 2.85. The van der Waals surface area contributed by atoms with Gasteiger partial charge in [0, 0.05) is 0 Å². The smallest absolute Gasteiger partial charge is 0.151 e. The molecule has 7 nitrogen and oxygen atoms in total. The Morgan fingerprint density at radius 2 is 1.43 bits per heavy atom. The van der Waals surface area contributed by atoms with Gasteiger partial charge in [-0.2, -0.15) is 0 Å². The number of aliphatic hydroxyl groups excluding tert-OH is 6. The predicted octanol–water partition coefficient (Wildman–Crippen LogP) is -4.02. The average Bonchev–Trinajstić information content (AvgIpc) is 2.23. The van der Waals surface area contributed by atoms with Gasteiger partial charge >= 0.3 is 0 Å². The van der Waals surface area contributed by atoms with Crippen LogP contribution in [-0.2, 0) is 4.79 Å². The van der Waals surface area contributed by atoms with E-state index in [0.717, 1.165) is 0 Å². The Labute approximate surface area is 79.9 Å². The van der Waals surface area contributed by atoms with Crippen LogP contribution in [0.5, 0.6) is 0 Å². The topological polar surface area (TPSA) is 138 Å². The first-order chi connectivity index (χ1) is 6.45. The summed E-state index contributed by atoms with van der Waals surface area (Å²) in [6, 6.07) is 0. The van der Waals surface area contributed by atoms with Crippen LogP contribution in [0.15, 0.2) is 0 Å². The molecular formula is C7H14O7. The van der Waals surface area contributed by atoms with Gasteiger partial charge in [-0.25, -0.2) is 0 Å². The maximum absolute atomic E-state index is 10.00. The molecule has 6 N–H and O–H groups in total. The van der Waals surface area contributed by atoms with Crippen molar-refractivity contribution in [3.63, 3.8) is 0 Å². The molecule has 7 heteroatoms. The molecule has 0 saturated heterocycles. The van der Waals surface area contributed by atoms with Crippen molar-refractivity contribution in [3.8, 4) is 0 Å². The van der Waals surface area contributed by atoms with E-state index in [2.05, 4.69) is 0 Å². The standard InChI is InChI=1S/C7H14O7/c8-1-3(10)5(12)7(14)6(13)4(11)2-9/h1,3-7,9-14H,2H2/t3-,4?,5+,6+,7-/m0/s1. The van der Waals surface area contributed by atoms with Gasteiger partial charge in [0.15, 0.2) is 6.29 Å². The lowest BCUT2D eigenvalue weighted by Crippen LogP contribution is -2.50. The lowest BCUT2D eigenvalue weighted by Gasteiger charge is -2.26. The quantitative estimate of drug-likeness (QED) is 0.245. The van der Waals surface area contributed by atoms with Gasteiger partial charge in [0.25, 0.3) is 0 Å². The molecule has 1 unspecified atom stereocenters. The summed E-state index contributed by atoms with van der Waals surface area (Å²) in [7, 11) is 0. The van der Waals surface area contributed by atoms with Crippen LogP contribution in [0.25, 0.3) is 0 Å². The zero-order valence-corrected chi connectivity index (χ0v) is 7.26. The minimum atomic E-state index is -1.92. The van der Waals surface area contributed by atoms with E-state index in [1.807, 2.05) is 0 Å². The van der Waals surface area contributed by atoms with Crippen molar-refractivity contribution in [2.75, 3.05) is 6.61 Å². The Balaban J connectivity index is 4.29. The molecule has 0 amide bonds. The number of carbonyl (C=O) groups is 1. The van der Waals surface area contributed by atoms with Crippen molar-refractivity contribution in [3.05, 3.63) is 0 Å². The summed E-state index contributed by atoms with van der Waals surface area (Å²) < 4.78 is 0. The summed E-state index contributed by atoms with van der Waals surface area (Å²) in [5, 5.41) is 53.2. The van der Waals surface area contributed by atoms with E-state index in [-0.39, 0.29) is 6.29 Å². The van der Waals surface area contributed by atoms with E-state index in [9.17, 15) is 4.79 Å². The SMILES string of the molecule is O=C[C@H](O)[C@@H](O)[C@H](O)[C@H](O)C(O)CO. The first kappa shape index (κ1) is 13.4. The zero-order valence-electron chi connectivity index (χ0n) is 7.26. The highest BCUT2D eigenvalue weighted by atomic mass is 16.4. The molecule has 0 aromatic heterocycles. The van der Waals surface area contributed by atoms with Crippen molar-refractivity contribution in [1.82, 2.24) is 0 Å². The second-order valence-electron chi connectivity index (χ2n) is 2.85. The molecule has 0 aromatic rings. The predicted molar refractivity (Wildman–Crippen MR) is 43.2 cm³/mol. The Morgan fingerprint density at radius 1 is 0.929 bits per heavy atom. The Hall–Kier alpha value is -0.570. The van der Waals surface area contributed by atoms with Gasteiger partial charge in [-0.1, -0.05) is 0 Å². The van der Waals surface area contributed by atoms with E-state index < -0.39 is 37.1 Å². The highest BCUT2D eigenvalue weighted by molar-refractivity contribution is 5.56. The first-order valence-electron chi connectivity index (χ1n) is 3.92. The van der Waals surface area contributed by atoms with Crippen molar-refractivity contribution >= 4 is 6.29 Å². The minimum absolute atomic E-state index is 0.0219. The lowest BCUT2D eigenvalue weighted by molar-refractivity contribution is -0.147. The maximum Gasteiger partial charge on any atom is 0.151 e. The molecule has 5 atom stereocenters. The van der Waals surface area contributed by atoms with Crippen molar-refractivity contribution in [1.29, 1.82) is 0 Å². The minimum Gasteiger partial charge on any atom is -0.394 e. The number of carbonyl (C=O) groups excluding carboxylic acids is 1. The van der Waals surface area contributed by atoms with Crippen LogP contribution in [0.4, 0.5) is 0 Å². The molecular weight excluding hydrogens is 196 g/mol. The van der Waals surface area contributed by atoms with Crippen LogP contribution in [-0.4, -0.2) is 74.1 Å². The molecule has 0 aliphatic carbocycles. The fraction of sp³-hybridized carbons (Fsp3) is 0.857. The fourth-order valence-corrected chi connectivity index (χ4v) is 0.820. The van der Waals surface area contributed by atoms with Gasteiger partial charge in [-0.05, 0) is 0 Å². The van der Waals surface area contributed by atoms with E-state index >= 15 is 0 Å². The van der Waals surface area contributed by atoms with Gasteiger partial charge in [0.05, 0.1) is 6.61 Å². The Bertz CT molecular complexity index is 173. The summed E-state index contributed by atoms with van der Waals surface area (Å²) in [6.07, 6.45) is -9.21. The van der Waals surface area contributed by atoms with Crippen LogP contribution in [0, 0.1) is 0 Å². The van der Waals surface area contributed by atoms with E-state index in [1.165, 1.54) is 0 Å². The highest BCUT2D eigenvalue weighted by Crippen LogP contribution is 2.07. The van der Waals surface area contributed by atoms with Crippen molar-refractivity contribution in [2.24, 2.45) is 0 Å². The number of aliphatic hydroxyl groups is 6. The Kier molecular flexibility index (Phi) is 5.77. The molecule has 0 spiro atoms. The maximum atomic E-state index is 10.00. The molecule has 0 saturated carbocycles. The number of hydrogen-bond donors (Lipinski definition) is 6. The molecule has 0 aliphatic rings. The van der Waals surface area contributed by atoms with Crippen LogP contribution >= 0.6 is 0 Å². The Morgan fingerprint density at radius 3 is 1.79 bits per heavy atom. The molecule has 14 heavy (non-hydrogen) atoms. The molecule has 0 fully saturated rings. The summed E-state index contributed by atoms with van der Waals surface area (Å²) in [6.45, 7) is -0.817. The number of aldehydes is 1. The van der Waals surface area contributed by atoms with E-state index in [0.29, 0.717) is 0 Å². The van der Waals surface area contributed by atoms with Gasteiger partial charge in [-0.3, -0.25) is 0 Å². The van der Waals surface area contributed by atoms with Crippen molar-refractivity contribution in [2.45, 2.75) is 30.5 Å². The molecule has 0 heterocycles. The molecule has 84 valence electrons. The largest absolute Gasteiger partial charge is 0.394 e. The average molecular weight is 210 g/mol. The number of hydrogen-bond acceptors (Lipinski definition) is 7. The van der Waals surface area contributed by atoms with Crippen LogP contribution in [0.1, 0.15) is 0 Å². The summed E-state index contributed by atoms with van der Waals surface area (Å²) in [4.78, 5) is 10.00. The van der Waals surface area contributed by atoms with Crippen LogP contribution in [0.3, 0.4) is 0 Å². The normalized spacial score (nSPS) is 22.1. The third-order valence-corrected chi connectivity index (χ3v) is 1.77. The lowest BCUT2D eigenvalue weighted by atomic mass is 10.0. The van der Waals surface area contributed by atoms with Gasteiger partial charge in [-0.15, -0.1) is 0 Å². The summed E-state index contributed by atoms with van der Waals surface area (Å²) in [5.41, 5.74) is 0. The van der Waals surface area contributed by atoms with Gasteiger partial charge in [0.1, 0.15) is 30.5 Å². The first-order valence-corrected chi connectivity index (χ1v) is 3.92. The van der Waals surface area contributed by atoms with Crippen molar-refractivity contribution < 1.29 is 35.4 Å². The number of rotatable bonds is 6. The van der Waals surface area contributed by atoms with Crippen LogP contribution in [0.2, 0.25) is 0 Å². The fourth-order valence-electron chi connectivity index (χ4n) is 0.820. The molecule has 0 rings (SSSR count). The molecule has 0 aliphatic heterocycles. The third kappa shape index (κ3) is 3.29. The zero-order chi connectivity index (χ0) is 11.3.